The van der Waals surface area contributed by atoms with Crippen LogP contribution in [0, 0.1) is 0 Å². The minimum Gasteiger partial charge on any atom is -0.383 e. The van der Waals surface area contributed by atoms with Crippen molar-refractivity contribution in [1.82, 2.24) is 4.90 Å². The van der Waals surface area contributed by atoms with E-state index in [-0.39, 0.29) is 6.04 Å². The van der Waals surface area contributed by atoms with Crippen LogP contribution in [0.3, 0.4) is 0 Å². The van der Waals surface area contributed by atoms with E-state index in [0.717, 1.165) is 18.7 Å². The molecule has 1 saturated heterocycles. The molecule has 2 atom stereocenters. The minimum absolute atomic E-state index is 0.164. The van der Waals surface area contributed by atoms with E-state index in [4.69, 9.17) is 0 Å². The zero-order chi connectivity index (χ0) is 13.9. The predicted molar refractivity (Wildman–Crippen MR) is 79.2 cm³/mol. The number of nitrogens with zero attached hydrogens (tertiary/aromatic N) is 1. The van der Waals surface area contributed by atoms with Crippen molar-refractivity contribution in [2.24, 2.45) is 0 Å². The van der Waals surface area contributed by atoms with Gasteiger partial charge in [0.25, 0.3) is 0 Å². The lowest BCUT2D eigenvalue weighted by atomic mass is 10.2. The Morgan fingerprint density at radius 3 is 2.63 bits per heavy atom. The molecule has 1 aromatic carbocycles. The van der Waals surface area contributed by atoms with Gasteiger partial charge in [0.1, 0.15) is 0 Å². The number of likely N-dealkylation sites (N-methyl/N-ethyl adjacent to an activating group) is 1. The number of hydrogen-bond donors (Lipinski definition) is 1. The van der Waals surface area contributed by atoms with Crippen molar-refractivity contribution in [2.75, 3.05) is 30.4 Å². The Morgan fingerprint density at radius 1 is 1.37 bits per heavy atom. The van der Waals surface area contributed by atoms with Gasteiger partial charge in [-0.3, -0.25) is 4.90 Å². The summed E-state index contributed by atoms with van der Waals surface area (Å²) in [6, 6.07) is 10.5. The molecule has 1 heterocycles. The number of para-hydroxylation sites is 1. The minimum atomic E-state index is -2.80. The highest BCUT2D eigenvalue weighted by Gasteiger charge is 2.32. The molecule has 0 bridgehead atoms. The second-order valence-corrected chi connectivity index (χ2v) is 7.55. The average molecular weight is 282 g/mol. The zero-order valence-corrected chi connectivity index (χ0v) is 12.4. The van der Waals surface area contributed by atoms with Crippen LogP contribution < -0.4 is 5.32 Å². The molecule has 4 nitrogen and oxygen atoms in total. The molecule has 1 aromatic rings. The maximum absolute atomic E-state index is 11.5. The first-order chi connectivity index (χ1) is 8.98. The summed E-state index contributed by atoms with van der Waals surface area (Å²) in [6.07, 6.45) is 0.758. The summed E-state index contributed by atoms with van der Waals surface area (Å²) in [5, 5.41) is 3.38. The Kier molecular flexibility index (Phi) is 4.47. The first-order valence-electron chi connectivity index (χ1n) is 6.69. The molecule has 1 N–H and O–H groups in total. The van der Waals surface area contributed by atoms with E-state index in [2.05, 4.69) is 17.1 Å². The van der Waals surface area contributed by atoms with Crippen molar-refractivity contribution in [3.8, 4) is 0 Å². The maximum Gasteiger partial charge on any atom is 0.151 e. The lowest BCUT2D eigenvalue weighted by molar-refractivity contribution is 0.207. The molecule has 106 valence electrons. The van der Waals surface area contributed by atoms with Crippen molar-refractivity contribution < 1.29 is 8.42 Å². The van der Waals surface area contributed by atoms with Gasteiger partial charge in [0, 0.05) is 24.3 Å². The highest BCUT2D eigenvalue weighted by molar-refractivity contribution is 7.91. The van der Waals surface area contributed by atoms with Gasteiger partial charge in [-0.15, -0.1) is 0 Å². The number of hydrogen-bond acceptors (Lipinski definition) is 4. The molecule has 0 radical (unpaired) electrons. The van der Waals surface area contributed by atoms with E-state index in [1.807, 2.05) is 37.4 Å². The highest BCUT2D eigenvalue weighted by Crippen LogP contribution is 2.18. The third-order valence-electron chi connectivity index (χ3n) is 3.86. The van der Waals surface area contributed by atoms with Gasteiger partial charge >= 0.3 is 0 Å². The molecule has 5 heteroatoms. The fraction of sp³-hybridized carbons (Fsp3) is 0.571. The molecule has 1 aliphatic heterocycles. The van der Waals surface area contributed by atoms with Gasteiger partial charge in [0.15, 0.2) is 9.84 Å². The van der Waals surface area contributed by atoms with Gasteiger partial charge in [0.05, 0.1) is 11.5 Å². The Morgan fingerprint density at radius 2 is 2.05 bits per heavy atom. The van der Waals surface area contributed by atoms with Crippen molar-refractivity contribution in [3.63, 3.8) is 0 Å². The first-order valence-corrected chi connectivity index (χ1v) is 8.51. The van der Waals surface area contributed by atoms with Gasteiger partial charge in [-0.2, -0.15) is 0 Å². The molecular formula is C14H22N2O2S. The van der Waals surface area contributed by atoms with Crippen LogP contribution in [0.5, 0.6) is 0 Å². The predicted octanol–water partition coefficient (Wildman–Crippen LogP) is 1.61. The molecule has 1 fully saturated rings. The molecule has 0 amide bonds. The van der Waals surface area contributed by atoms with E-state index in [1.165, 1.54) is 0 Å². The molecular weight excluding hydrogens is 260 g/mol. The molecule has 2 unspecified atom stereocenters. The van der Waals surface area contributed by atoms with Crippen LogP contribution in [0.15, 0.2) is 30.3 Å². The van der Waals surface area contributed by atoms with Gasteiger partial charge in [-0.1, -0.05) is 18.2 Å². The Hall–Kier alpha value is -1.07. The van der Waals surface area contributed by atoms with Crippen LogP contribution in [-0.4, -0.2) is 50.5 Å². The second kappa shape index (κ2) is 5.92. The third kappa shape index (κ3) is 3.94. The normalized spacial score (nSPS) is 23.4. The number of rotatable bonds is 5. The van der Waals surface area contributed by atoms with Crippen LogP contribution in [0.4, 0.5) is 5.69 Å². The molecule has 19 heavy (non-hydrogen) atoms. The van der Waals surface area contributed by atoms with Crippen LogP contribution >= 0.6 is 0 Å². The Bertz CT molecular complexity index is 501. The average Bonchev–Trinajstić information content (AvgIpc) is 2.76. The number of nitrogens with one attached hydrogen (secondary N) is 1. The summed E-state index contributed by atoms with van der Waals surface area (Å²) in [5.41, 5.74) is 1.10. The quantitative estimate of drug-likeness (QED) is 0.891. The molecule has 0 saturated carbocycles. The van der Waals surface area contributed by atoms with Crippen molar-refractivity contribution in [3.05, 3.63) is 30.3 Å². The summed E-state index contributed by atoms with van der Waals surface area (Å²) in [7, 11) is -0.786. The first kappa shape index (κ1) is 14.3. The van der Waals surface area contributed by atoms with E-state index < -0.39 is 9.84 Å². The fourth-order valence-electron chi connectivity index (χ4n) is 2.42. The van der Waals surface area contributed by atoms with Gasteiger partial charge in [0.2, 0.25) is 0 Å². The lowest BCUT2D eigenvalue weighted by Crippen LogP contribution is -2.42. The Balaban J connectivity index is 1.85. The number of benzene rings is 1. The lowest BCUT2D eigenvalue weighted by Gasteiger charge is -2.30. The maximum atomic E-state index is 11.5. The SMILES string of the molecule is CC(CNc1ccccc1)N(C)C1CCS(=O)(=O)C1. The Labute approximate surface area is 115 Å². The summed E-state index contributed by atoms with van der Waals surface area (Å²) in [4.78, 5) is 2.18. The highest BCUT2D eigenvalue weighted by atomic mass is 32.2. The van der Waals surface area contributed by atoms with Gasteiger partial charge in [-0.25, -0.2) is 8.42 Å². The van der Waals surface area contributed by atoms with Gasteiger partial charge < -0.3 is 5.32 Å². The molecule has 2 rings (SSSR count). The molecule has 0 aromatic heterocycles. The fourth-order valence-corrected chi connectivity index (χ4v) is 4.21. The van der Waals surface area contributed by atoms with Crippen LogP contribution in [-0.2, 0) is 9.84 Å². The van der Waals surface area contributed by atoms with Crippen molar-refractivity contribution >= 4 is 15.5 Å². The second-order valence-electron chi connectivity index (χ2n) is 5.32. The summed E-state index contributed by atoms with van der Waals surface area (Å²) < 4.78 is 23.0. The van der Waals surface area contributed by atoms with Crippen LogP contribution in [0.25, 0.3) is 0 Å². The third-order valence-corrected chi connectivity index (χ3v) is 5.61. The largest absolute Gasteiger partial charge is 0.383 e. The summed E-state index contributed by atoms with van der Waals surface area (Å²) >= 11 is 0. The van der Waals surface area contributed by atoms with Crippen LogP contribution in [0.2, 0.25) is 0 Å². The van der Waals surface area contributed by atoms with E-state index in [9.17, 15) is 8.42 Å². The molecule has 1 aliphatic rings. The van der Waals surface area contributed by atoms with E-state index in [0.29, 0.717) is 17.5 Å². The summed E-state index contributed by atoms with van der Waals surface area (Å²) in [6.45, 7) is 2.94. The number of sulfone groups is 1. The molecule has 0 aliphatic carbocycles. The van der Waals surface area contributed by atoms with Gasteiger partial charge in [-0.05, 0) is 32.5 Å². The van der Waals surface area contributed by atoms with E-state index in [1.54, 1.807) is 0 Å². The smallest absolute Gasteiger partial charge is 0.151 e. The summed E-state index contributed by atoms with van der Waals surface area (Å²) in [5.74, 6) is 0.639. The number of anilines is 1. The zero-order valence-electron chi connectivity index (χ0n) is 11.5. The molecule has 0 spiro atoms. The topological polar surface area (TPSA) is 49.4 Å². The van der Waals surface area contributed by atoms with Crippen molar-refractivity contribution in [2.45, 2.75) is 25.4 Å². The van der Waals surface area contributed by atoms with Crippen molar-refractivity contribution in [1.29, 1.82) is 0 Å². The monoisotopic (exact) mass is 282 g/mol. The van der Waals surface area contributed by atoms with Crippen LogP contribution in [0.1, 0.15) is 13.3 Å². The standard InChI is InChI=1S/C14H22N2O2S/c1-12(10-15-13-6-4-3-5-7-13)16(2)14-8-9-19(17,18)11-14/h3-7,12,14-15H,8-11H2,1-2H3. The van der Waals surface area contributed by atoms with E-state index >= 15 is 0 Å².